The largest absolute Gasteiger partial charge is 0.507 e. The van der Waals surface area contributed by atoms with Crippen LogP contribution in [-0.4, -0.2) is 36.7 Å². The Bertz CT molecular complexity index is 819. The highest BCUT2D eigenvalue weighted by Crippen LogP contribution is 2.24. The van der Waals surface area contributed by atoms with Crippen molar-refractivity contribution in [2.45, 2.75) is 4.90 Å². The van der Waals surface area contributed by atoms with Gasteiger partial charge in [0.15, 0.2) is 0 Å². The highest BCUT2D eigenvalue weighted by molar-refractivity contribution is 7.92. The molecule has 0 radical (unpaired) electrons. The highest BCUT2D eigenvalue weighted by Gasteiger charge is 2.17. The second-order valence-electron chi connectivity index (χ2n) is 4.20. The molecule has 0 aliphatic heterocycles. The number of nitrogens with one attached hydrogen (secondary N) is 1. The van der Waals surface area contributed by atoms with E-state index in [0.29, 0.717) is 0 Å². The Kier molecular flexibility index (Phi) is 4.18. The number of benzene rings is 1. The van der Waals surface area contributed by atoms with Gasteiger partial charge in [-0.3, -0.25) is 9.71 Å². The SMILES string of the molecule is COc1cncc(S(=O)(=O)Nc2ccc(C(=O)O)c(O)c2)c1. The monoisotopic (exact) mass is 324 g/mol. The molecule has 0 aliphatic rings. The zero-order chi connectivity index (χ0) is 16.3. The summed E-state index contributed by atoms with van der Waals surface area (Å²) in [7, 11) is -2.57. The van der Waals surface area contributed by atoms with Crippen molar-refractivity contribution in [3.05, 3.63) is 42.2 Å². The van der Waals surface area contributed by atoms with E-state index in [9.17, 15) is 18.3 Å². The first-order valence-corrected chi connectivity index (χ1v) is 7.40. The predicted molar refractivity (Wildman–Crippen MR) is 76.7 cm³/mol. The number of anilines is 1. The van der Waals surface area contributed by atoms with Gasteiger partial charge in [0.25, 0.3) is 10.0 Å². The second-order valence-corrected chi connectivity index (χ2v) is 5.89. The van der Waals surface area contributed by atoms with Crippen molar-refractivity contribution in [1.82, 2.24) is 4.98 Å². The number of pyridine rings is 1. The molecule has 0 unspecified atom stereocenters. The maximum atomic E-state index is 12.2. The minimum atomic E-state index is -3.95. The van der Waals surface area contributed by atoms with Crippen LogP contribution in [0.5, 0.6) is 11.5 Å². The average molecular weight is 324 g/mol. The Morgan fingerprint density at radius 1 is 1.27 bits per heavy atom. The van der Waals surface area contributed by atoms with Gasteiger partial charge in [0, 0.05) is 18.3 Å². The van der Waals surface area contributed by atoms with Gasteiger partial charge >= 0.3 is 5.97 Å². The lowest BCUT2D eigenvalue weighted by atomic mass is 10.2. The molecule has 0 fully saturated rings. The molecule has 1 aromatic carbocycles. The second kappa shape index (κ2) is 5.90. The van der Waals surface area contributed by atoms with Gasteiger partial charge in [-0.25, -0.2) is 13.2 Å². The van der Waals surface area contributed by atoms with Crippen molar-refractivity contribution < 1.29 is 28.2 Å². The lowest BCUT2D eigenvalue weighted by Crippen LogP contribution is -2.13. The van der Waals surface area contributed by atoms with Crippen molar-refractivity contribution in [1.29, 1.82) is 0 Å². The smallest absolute Gasteiger partial charge is 0.339 e. The van der Waals surface area contributed by atoms with Gasteiger partial charge in [-0.2, -0.15) is 0 Å². The van der Waals surface area contributed by atoms with Crippen molar-refractivity contribution in [2.75, 3.05) is 11.8 Å². The summed E-state index contributed by atoms with van der Waals surface area (Å²) in [6.07, 6.45) is 2.49. The molecule has 0 atom stereocenters. The van der Waals surface area contributed by atoms with Gasteiger partial charge in [-0.1, -0.05) is 0 Å². The lowest BCUT2D eigenvalue weighted by molar-refractivity contribution is 0.0694. The molecule has 2 aromatic rings. The molecule has 1 heterocycles. The Morgan fingerprint density at radius 2 is 2.00 bits per heavy atom. The number of carbonyl (C=O) groups is 1. The fourth-order valence-corrected chi connectivity index (χ4v) is 2.67. The van der Waals surface area contributed by atoms with E-state index in [1.165, 1.54) is 25.4 Å². The third-order valence-corrected chi connectivity index (χ3v) is 4.06. The molecule has 22 heavy (non-hydrogen) atoms. The molecule has 1 aromatic heterocycles. The number of carboxylic acids is 1. The normalized spacial score (nSPS) is 11.0. The number of aromatic hydroxyl groups is 1. The van der Waals surface area contributed by atoms with Crippen LogP contribution >= 0.6 is 0 Å². The first kappa shape index (κ1) is 15.6. The van der Waals surface area contributed by atoms with Crippen LogP contribution in [0.4, 0.5) is 5.69 Å². The van der Waals surface area contributed by atoms with Crippen molar-refractivity contribution in [2.24, 2.45) is 0 Å². The van der Waals surface area contributed by atoms with Crippen LogP contribution in [0.3, 0.4) is 0 Å². The van der Waals surface area contributed by atoms with Crippen LogP contribution in [0, 0.1) is 0 Å². The number of sulfonamides is 1. The molecule has 116 valence electrons. The van der Waals surface area contributed by atoms with Gasteiger partial charge < -0.3 is 14.9 Å². The Hall–Kier alpha value is -2.81. The summed E-state index contributed by atoms with van der Waals surface area (Å²) in [6.45, 7) is 0. The van der Waals surface area contributed by atoms with E-state index in [1.54, 1.807) is 0 Å². The van der Waals surface area contributed by atoms with Gasteiger partial charge in [0.05, 0.1) is 19.0 Å². The van der Waals surface area contributed by atoms with Crippen molar-refractivity contribution in [3.63, 3.8) is 0 Å². The number of aromatic nitrogens is 1. The summed E-state index contributed by atoms with van der Waals surface area (Å²) < 4.78 is 31.5. The molecular weight excluding hydrogens is 312 g/mol. The molecule has 0 spiro atoms. The van der Waals surface area contributed by atoms with E-state index in [4.69, 9.17) is 9.84 Å². The number of rotatable bonds is 5. The predicted octanol–water partition coefficient (Wildman–Crippen LogP) is 1.29. The molecule has 8 nitrogen and oxygen atoms in total. The maximum Gasteiger partial charge on any atom is 0.339 e. The number of methoxy groups -OCH3 is 1. The van der Waals surface area contributed by atoms with E-state index in [2.05, 4.69) is 9.71 Å². The molecule has 0 saturated carbocycles. The number of hydrogen-bond donors (Lipinski definition) is 3. The average Bonchev–Trinajstić information content (AvgIpc) is 2.46. The Balaban J connectivity index is 2.32. The molecule has 0 bridgehead atoms. The quantitative estimate of drug-likeness (QED) is 0.756. The van der Waals surface area contributed by atoms with Gasteiger partial charge in [-0.05, 0) is 12.1 Å². The van der Waals surface area contributed by atoms with Crippen LogP contribution in [-0.2, 0) is 10.0 Å². The fraction of sp³-hybridized carbons (Fsp3) is 0.0769. The molecule has 9 heteroatoms. The highest BCUT2D eigenvalue weighted by atomic mass is 32.2. The maximum absolute atomic E-state index is 12.2. The first-order chi connectivity index (χ1) is 10.3. The Morgan fingerprint density at radius 3 is 2.59 bits per heavy atom. The number of ether oxygens (including phenoxy) is 1. The zero-order valence-electron chi connectivity index (χ0n) is 11.3. The van der Waals surface area contributed by atoms with Crippen LogP contribution in [0.1, 0.15) is 10.4 Å². The summed E-state index contributed by atoms with van der Waals surface area (Å²) >= 11 is 0. The fourth-order valence-electron chi connectivity index (χ4n) is 1.65. The third-order valence-electron chi connectivity index (χ3n) is 2.71. The lowest BCUT2D eigenvalue weighted by Gasteiger charge is -2.09. The minimum Gasteiger partial charge on any atom is -0.507 e. The number of carboxylic acid groups (broad SMARTS) is 1. The van der Waals surface area contributed by atoms with Gasteiger partial charge in [-0.15, -0.1) is 0 Å². The number of hydrogen-bond acceptors (Lipinski definition) is 6. The molecule has 0 aliphatic carbocycles. The molecule has 2 rings (SSSR count). The van der Waals surface area contributed by atoms with Crippen LogP contribution in [0.2, 0.25) is 0 Å². The summed E-state index contributed by atoms with van der Waals surface area (Å²) in [5.41, 5.74) is -0.309. The summed E-state index contributed by atoms with van der Waals surface area (Å²) in [5, 5.41) is 18.4. The number of aromatic carboxylic acids is 1. The topological polar surface area (TPSA) is 126 Å². The van der Waals surface area contributed by atoms with E-state index < -0.39 is 21.7 Å². The summed E-state index contributed by atoms with van der Waals surface area (Å²) in [4.78, 5) is 14.4. The summed E-state index contributed by atoms with van der Waals surface area (Å²) in [5.74, 6) is -1.59. The third kappa shape index (κ3) is 3.26. The number of phenols is 1. The van der Waals surface area contributed by atoms with E-state index in [-0.39, 0.29) is 21.9 Å². The van der Waals surface area contributed by atoms with Crippen molar-refractivity contribution >= 4 is 21.7 Å². The number of nitrogens with zero attached hydrogens (tertiary/aromatic N) is 1. The Labute approximate surface area is 126 Å². The molecule has 3 N–H and O–H groups in total. The molecule has 0 saturated heterocycles. The van der Waals surface area contributed by atoms with E-state index in [0.717, 1.165) is 18.3 Å². The summed E-state index contributed by atoms with van der Waals surface area (Å²) in [6, 6.07) is 4.61. The van der Waals surface area contributed by atoms with E-state index in [1.807, 2.05) is 0 Å². The van der Waals surface area contributed by atoms with Crippen LogP contribution < -0.4 is 9.46 Å². The molecule has 0 amide bonds. The van der Waals surface area contributed by atoms with Crippen molar-refractivity contribution in [3.8, 4) is 11.5 Å². The van der Waals surface area contributed by atoms with E-state index >= 15 is 0 Å². The standard InChI is InChI=1S/C13H12N2O6S/c1-21-9-5-10(7-14-6-9)22(19,20)15-8-2-3-11(13(17)18)12(16)4-8/h2-7,15-16H,1H3,(H,17,18). The molecular formula is C13H12N2O6S. The first-order valence-electron chi connectivity index (χ1n) is 5.91. The van der Waals surface area contributed by atoms with Gasteiger partial charge in [0.1, 0.15) is 22.0 Å². The minimum absolute atomic E-state index is 0.0188. The zero-order valence-corrected chi connectivity index (χ0v) is 12.2. The van der Waals surface area contributed by atoms with Crippen LogP contribution in [0.15, 0.2) is 41.6 Å². The van der Waals surface area contributed by atoms with Crippen LogP contribution in [0.25, 0.3) is 0 Å². The van der Waals surface area contributed by atoms with Gasteiger partial charge in [0.2, 0.25) is 0 Å².